The van der Waals surface area contributed by atoms with Gasteiger partial charge in [0.15, 0.2) is 0 Å². The first-order chi connectivity index (χ1) is 7.68. The minimum Gasteiger partial charge on any atom is -0.393 e. The Kier molecular flexibility index (Phi) is 3.82. The Bertz CT molecular complexity index is 249. The molecule has 2 N–H and O–H groups in total. The van der Waals surface area contributed by atoms with E-state index < -0.39 is 0 Å². The van der Waals surface area contributed by atoms with Gasteiger partial charge in [0.25, 0.3) is 0 Å². The van der Waals surface area contributed by atoms with Gasteiger partial charge in [0.05, 0.1) is 12.0 Å². The van der Waals surface area contributed by atoms with Crippen LogP contribution >= 0.6 is 0 Å². The maximum Gasteiger partial charge on any atom is 0.226 e. The first kappa shape index (κ1) is 11.9. The summed E-state index contributed by atoms with van der Waals surface area (Å²) in [6.07, 6.45) is 2.78. The average Bonchev–Trinajstić information content (AvgIpc) is 2.78. The van der Waals surface area contributed by atoms with E-state index in [1.165, 1.54) is 0 Å². The van der Waals surface area contributed by atoms with Crippen LogP contribution in [0.1, 0.15) is 26.2 Å². The Morgan fingerprint density at radius 2 is 2.31 bits per heavy atom. The van der Waals surface area contributed by atoms with Gasteiger partial charge in [-0.15, -0.1) is 0 Å². The highest BCUT2D eigenvalue weighted by molar-refractivity contribution is 5.79. The largest absolute Gasteiger partial charge is 0.393 e. The molecule has 0 bridgehead atoms. The molecule has 2 unspecified atom stereocenters. The topological polar surface area (TPSA) is 52.6 Å². The minimum absolute atomic E-state index is 0.168. The lowest BCUT2D eigenvalue weighted by atomic mass is 9.98. The predicted octanol–water partition coefficient (Wildman–Crippen LogP) is 0.215. The Morgan fingerprint density at radius 1 is 1.50 bits per heavy atom. The molecule has 2 heterocycles. The molecule has 92 valence electrons. The van der Waals surface area contributed by atoms with Crippen molar-refractivity contribution in [2.24, 2.45) is 11.8 Å². The van der Waals surface area contributed by atoms with Crippen LogP contribution in [0.2, 0.25) is 0 Å². The van der Waals surface area contributed by atoms with Crippen molar-refractivity contribution in [2.45, 2.75) is 32.3 Å². The monoisotopic (exact) mass is 226 g/mol. The van der Waals surface area contributed by atoms with Crippen molar-refractivity contribution < 1.29 is 9.90 Å². The van der Waals surface area contributed by atoms with Crippen LogP contribution in [0.25, 0.3) is 0 Å². The lowest BCUT2D eigenvalue weighted by molar-refractivity contribution is -0.135. The summed E-state index contributed by atoms with van der Waals surface area (Å²) in [5.41, 5.74) is 0. The molecule has 2 rings (SSSR count). The Balaban J connectivity index is 1.86. The highest BCUT2D eigenvalue weighted by Crippen LogP contribution is 2.23. The van der Waals surface area contributed by atoms with E-state index >= 15 is 0 Å². The van der Waals surface area contributed by atoms with Crippen molar-refractivity contribution >= 4 is 5.91 Å². The third-order valence-corrected chi connectivity index (χ3v) is 3.86. The summed E-state index contributed by atoms with van der Waals surface area (Å²) in [7, 11) is 0. The third-order valence-electron chi connectivity index (χ3n) is 3.86. The molecule has 0 aromatic heterocycles. The van der Waals surface area contributed by atoms with Gasteiger partial charge in [0, 0.05) is 25.6 Å². The van der Waals surface area contributed by atoms with Gasteiger partial charge in [0.1, 0.15) is 0 Å². The van der Waals surface area contributed by atoms with Gasteiger partial charge in [-0.1, -0.05) is 0 Å². The number of hydrogen-bond acceptors (Lipinski definition) is 3. The lowest BCUT2D eigenvalue weighted by Gasteiger charge is -2.27. The van der Waals surface area contributed by atoms with E-state index in [-0.39, 0.29) is 23.8 Å². The summed E-state index contributed by atoms with van der Waals surface area (Å²) >= 11 is 0. The average molecular weight is 226 g/mol. The van der Waals surface area contributed by atoms with Crippen molar-refractivity contribution in [1.82, 2.24) is 10.2 Å². The molecule has 0 aromatic rings. The standard InChI is InChI=1S/C12H22N2O2/c1-9(15)11-4-6-14(8-11)12(16)10-3-2-5-13-7-10/h9-11,13,15H,2-8H2,1H3/t9?,10-,11?/m0/s1. The summed E-state index contributed by atoms with van der Waals surface area (Å²) < 4.78 is 0. The molecule has 0 spiro atoms. The third kappa shape index (κ3) is 2.55. The number of likely N-dealkylation sites (tertiary alicyclic amines) is 1. The molecule has 4 nitrogen and oxygen atoms in total. The second-order valence-electron chi connectivity index (χ2n) is 5.12. The number of carbonyl (C=O) groups is 1. The van der Waals surface area contributed by atoms with Crippen LogP contribution in [0, 0.1) is 11.8 Å². The number of piperidine rings is 1. The van der Waals surface area contributed by atoms with E-state index in [0.29, 0.717) is 0 Å². The number of nitrogens with one attached hydrogen (secondary N) is 1. The molecule has 3 atom stereocenters. The van der Waals surface area contributed by atoms with Crippen molar-refractivity contribution in [3.8, 4) is 0 Å². The molecule has 16 heavy (non-hydrogen) atoms. The van der Waals surface area contributed by atoms with Gasteiger partial charge in [-0.2, -0.15) is 0 Å². The van der Waals surface area contributed by atoms with Crippen LogP contribution < -0.4 is 5.32 Å². The maximum absolute atomic E-state index is 12.2. The second-order valence-corrected chi connectivity index (χ2v) is 5.12. The van der Waals surface area contributed by atoms with E-state index in [1.54, 1.807) is 0 Å². The zero-order valence-electron chi connectivity index (χ0n) is 9.98. The SMILES string of the molecule is CC(O)C1CCN(C(=O)[C@H]2CCCNC2)C1. The van der Waals surface area contributed by atoms with Crippen LogP contribution in [-0.4, -0.2) is 48.2 Å². The normalized spacial score (nSPS) is 32.8. The molecular formula is C12H22N2O2. The van der Waals surface area contributed by atoms with Gasteiger partial charge in [0.2, 0.25) is 5.91 Å². The number of aliphatic hydroxyl groups is 1. The summed E-state index contributed by atoms with van der Waals surface area (Å²) in [6, 6.07) is 0. The quantitative estimate of drug-likeness (QED) is 0.708. The molecule has 2 aliphatic heterocycles. The van der Waals surface area contributed by atoms with E-state index in [0.717, 1.165) is 45.4 Å². The van der Waals surface area contributed by atoms with E-state index in [4.69, 9.17) is 0 Å². The highest BCUT2D eigenvalue weighted by atomic mass is 16.3. The van der Waals surface area contributed by atoms with Crippen LogP contribution in [0.4, 0.5) is 0 Å². The fraction of sp³-hybridized carbons (Fsp3) is 0.917. The summed E-state index contributed by atoms with van der Waals surface area (Å²) in [5, 5.41) is 12.8. The van der Waals surface area contributed by atoms with Crippen LogP contribution in [0.15, 0.2) is 0 Å². The summed E-state index contributed by atoms with van der Waals surface area (Å²) in [4.78, 5) is 14.1. The molecule has 4 heteroatoms. The molecule has 1 amide bonds. The minimum atomic E-state index is -0.290. The first-order valence-corrected chi connectivity index (χ1v) is 6.36. The van der Waals surface area contributed by atoms with Crippen molar-refractivity contribution in [3.63, 3.8) is 0 Å². The van der Waals surface area contributed by atoms with Gasteiger partial charge < -0.3 is 15.3 Å². The van der Waals surface area contributed by atoms with Crippen molar-refractivity contribution in [2.75, 3.05) is 26.2 Å². The van der Waals surface area contributed by atoms with Crippen molar-refractivity contribution in [1.29, 1.82) is 0 Å². The lowest BCUT2D eigenvalue weighted by Crippen LogP contribution is -2.42. The zero-order valence-corrected chi connectivity index (χ0v) is 9.98. The molecule has 2 fully saturated rings. The smallest absolute Gasteiger partial charge is 0.226 e. The van der Waals surface area contributed by atoms with Gasteiger partial charge in [-0.05, 0) is 32.7 Å². The Labute approximate surface area is 97.0 Å². The fourth-order valence-electron chi connectivity index (χ4n) is 2.70. The first-order valence-electron chi connectivity index (χ1n) is 6.36. The van der Waals surface area contributed by atoms with Gasteiger partial charge in [-0.25, -0.2) is 0 Å². The van der Waals surface area contributed by atoms with Crippen LogP contribution in [0.5, 0.6) is 0 Å². The molecule has 0 aliphatic carbocycles. The molecular weight excluding hydrogens is 204 g/mol. The van der Waals surface area contributed by atoms with Crippen LogP contribution in [0.3, 0.4) is 0 Å². The molecule has 0 radical (unpaired) electrons. The zero-order chi connectivity index (χ0) is 11.5. The summed E-state index contributed by atoms with van der Waals surface area (Å²) in [5.74, 6) is 0.734. The second kappa shape index (κ2) is 5.15. The number of rotatable bonds is 2. The Hall–Kier alpha value is -0.610. The molecule has 0 aromatic carbocycles. The number of aliphatic hydroxyl groups excluding tert-OH is 1. The number of nitrogens with zero attached hydrogens (tertiary/aromatic N) is 1. The number of carbonyl (C=O) groups excluding carboxylic acids is 1. The van der Waals surface area contributed by atoms with E-state index in [2.05, 4.69) is 5.32 Å². The van der Waals surface area contributed by atoms with Crippen LogP contribution in [-0.2, 0) is 4.79 Å². The highest BCUT2D eigenvalue weighted by Gasteiger charge is 2.32. The summed E-state index contributed by atoms with van der Waals surface area (Å²) in [6.45, 7) is 5.26. The van der Waals surface area contributed by atoms with Gasteiger partial charge >= 0.3 is 0 Å². The van der Waals surface area contributed by atoms with E-state index in [9.17, 15) is 9.90 Å². The maximum atomic E-state index is 12.2. The number of hydrogen-bond donors (Lipinski definition) is 2. The fourth-order valence-corrected chi connectivity index (χ4v) is 2.70. The number of amides is 1. The molecule has 2 saturated heterocycles. The van der Waals surface area contributed by atoms with E-state index in [1.807, 2.05) is 11.8 Å². The molecule has 2 aliphatic rings. The Morgan fingerprint density at radius 3 is 2.88 bits per heavy atom. The molecule has 0 saturated carbocycles. The predicted molar refractivity (Wildman–Crippen MR) is 62.0 cm³/mol. The van der Waals surface area contributed by atoms with Gasteiger partial charge in [-0.3, -0.25) is 4.79 Å². The van der Waals surface area contributed by atoms with Crippen molar-refractivity contribution in [3.05, 3.63) is 0 Å².